The quantitative estimate of drug-likeness (QED) is 0.596. The van der Waals surface area contributed by atoms with Crippen LogP contribution in [0.1, 0.15) is 51.7 Å². The smallest absolute Gasteiger partial charge is 0.222 e. The van der Waals surface area contributed by atoms with Gasteiger partial charge in [0, 0.05) is 19.0 Å². The maximum atomic E-state index is 11.9. The van der Waals surface area contributed by atoms with Crippen LogP contribution in [0.3, 0.4) is 0 Å². The van der Waals surface area contributed by atoms with Crippen LogP contribution in [-0.2, 0) is 21.2 Å². The van der Waals surface area contributed by atoms with Crippen molar-refractivity contribution in [3.8, 4) is 11.1 Å². The molecule has 0 fully saturated rings. The van der Waals surface area contributed by atoms with Crippen LogP contribution in [0.15, 0.2) is 48.5 Å². The molecule has 2 aromatic carbocycles. The van der Waals surface area contributed by atoms with E-state index in [0.717, 1.165) is 23.1 Å². The topological polar surface area (TPSA) is 75.3 Å². The maximum Gasteiger partial charge on any atom is 0.222 e. The molecule has 2 rings (SSSR count). The largest absolute Gasteiger partial charge is 0.356 e. The lowest BCUT2D eigenvalue weighted by Gasteiger charge is -2.15. The van der Waals surface area contributed by atoms with Crippen molar-refractivity contribution in [2.75, 3.05) is 13.1 Å². The van der Waals surface area contributed by atoms with Gasteiger partial charge >= 0.3 is 0 Å². The molecule has 5 nitrogen and oxygen atoms in total. The Labute approximate surface area is 181 Å². The van der Waals surface area contributed by atoms with E-state index in [-0.39, 0.29) is 17.7 Å². The summed E-state index contributed by atoms with van der Waals surface area (Å²) in [6, 6.07) is 16.6. The molecule has 0 aliphatic carbocycles. The molecule has 2 aromatic rings. The number of hydrogen-bond donors (Lipinski definition) is 2. The number of carbonyl (C=O) groups excluding carboxylic acids is 1. The predicted octanol–water partition coefficient (Wildman–Crippen LogP) is 4.10. The number of nitrogens with one attached hydrogen (secondary N) is 2. The summed E-state index contributed by atoms with van der Waals surface area (Å²) < 4.78 is 26.5. The van der Waals surface area contributed by atoms with E-state index >= 15 is 0 Å². The number of carbonyl (C=O) groups is 1. The van der Waals surface area contributed by atoms with Crippen LogP contribution >= 0.6 is 0 Å². The van der Waals surface area contributed by atoms with Crippen LogP contribution in [0.25, 0.3) is 11.1 Å². The molecule has 164 valence electrons. The van der Waals surface area contributed by atoms with Crippen LogP contribution in [-0.4, -0.2) is 32.7 Å². The molecule has 0 bridgehead atoms. The Morgan fingerprint density at radius 3 is 1.90 bits per heavy atom. The second kappa shape index (κ2) is 10.7. The molecule has 0 spiro atoms. The zero-order valence-corrected chi connectivity index (χ0v) is 19.4. The lowest BCUT2D eigenvalue weighted by molar-refractivity contribution is -0.123. The molecule has 1 amide bonds. The first kappa shape index (κ1) is 24.1. The summed E-state index contributed by atoms with van der Waals surface area (Å²) in [6.45, 7) is 10.2. The van der Waals surface area contributed by atoms with Crippen LogP contribution in [0.2, 0.25) is 0 Å². The van der Waals surface area contributed by atoms with Crippen molar-refractivity contribution in [1.29, 1.82) is 0 Å². The van der Waals surface area contributed by atoms with Crippen molar-refractivity contribution in [2.24, 2.45) is 5.92 Å². The van der Waals surface area contributed by atoms with Crippen molar-refractivity contribution in [1.82, 2.24) is 10.0 Å². The second-order valence-electron chi connectivity index (χ2n) is 8.36. The van der Waals surface area contributed by atoms with Crippen LogP contribution in [0.4, 0.5) is 0 Å². The van der Waals surface area contributed by atoms with Gasteiger partial charge in [-0.3, -0.25) is 4.79 Å². The highest BCUT2D eigenvalue weighted by Gasteiger charge is 2.17. The van der Waals surface area contributed by atoms with E-state index in [1.165, 1.54) is 5.56 Å². The van der Waals surface area contributed by atoms with E-state index in [1.807, 2.05) is 20.8 Å². The van der Waals surface area contributed by atoms with E-state index in [1.54, 1.807) is 13.8 Å². The number of amides is 1. The number of benzene rings is 2. The summed E-state index contributed by atoms with van der Waals surface area (Å²) >= 11 is 0. The van der Waals surface area contributed by atoms with Crippen molar-refractivity contribution in [2.45, 2.75) is 52.2 Å². The minimum absolute atomic E-state index is 0.00783. The molecule has 1 unspecified atom stereocenters. The first-order chi connectivity index (χ1) is 14.1. The summed E-state index contributed by atoms with van der Waals surface area (Å²) in [6.07, 6.45) is 0.807. The van der Waals surface area contributed by atoms with Crippen LogP contribution < -0.4 is 10.0 Å². The molecule has 6 heteroatoms. The molecule has 0 aliphatic heterocycles. The first-order valence-corrected chi connectivity index (χ1v) is 12.1. The molecule has 1 atom stereocenters. The summed E-state index contributed by atoms with van der Waals surface area (Å²) in [5.74, 6) is 0.183. The minimum Gasteiger partial charge on any atom is -0.356 e. The standard InChI is InChI=1S/C24H34N2O3S/c1-17(2)24(27)25-15-14-20-6-8-22(9-7-20)23-12-10-21(11-13-23)19(5)16-26-30(28,29)18(3)4/h6-13,17-19,26H,14-16H2,1-5H3,(H,25,27). The average Bonchev–Trinajstić information content (AvgIpc) is 2.72. The van der Waals surface area contributed by atoms with E-state index in [0.29, 0.717) is 13.1 Å². The van der Waals surface area contributed by atoms with Gasteiger partial charge in [0.1, 0.15) is 0 Å². The summed E-state index contributed by atoms with van der Waals surface area (Å²) in [5, 5.41) is 2.51. The predicted molar refractivity (Wildman–Crippen MR) is 124 cm³/mol. The van der Waals surface area contributed by atoms with Gasteiger partial charge in [-0.1, -0.05) is 69.3 Å². The minimum atomic E-state index is -3.25. The van der Waals surface area contributed by atoms with Gasteiger partial charge in [-0.2, -0.15) is 0 Å². The molecule has 0 aromatic heterocycles. The monoisotopic (exact) mass is 430 g/mol. The van der Waals surface area contributed by atoms with Crippen molar-refractivity contribution in [3.63, 3.8) is 0 Å². The Hall–Kier alpha value is -2.18. The molecule has 0 saturated carbocycles. The molecule has 0 aliphatic rings. The Bertz CT molecular complexity index is 918. The molecule has 0 saturated heterocycles. The fourth-order valence-electron chi connectivity index (χ4n) is 2.93. The van der Waals surface area contributed by atoms with E-state index in [9.17, 15) is 13.2 Å². The van der Waals surface area contributed by atoms with Crippen LogP contribution in [0, 0.1) is 5.92 Å². The van der Waals surface area contributed by atoms with Gasteiger partial charge < -0.3 is 5.32 Å². The zero-order chi connectivity index (χ0) is 22.3. The summed E-state index contributed by atoms with van der Waals surface area (Å²) in [5.41, 5.74) is 4.53. The first-order valence-electron chi connectivity index (χ1n) is 10.6. The third-order valence-corrected chi connectivity index (χ3v) is 7.03. The van der Waals surface area contributed by atoms with Gasteiger partial charge in [-0.05, 0) is 48.4 Å². The number of sulfonamides is 1. The van der Waals surface area contributed by atoms with Gasteiger partial charge in [-0.25, -0.2) is 13.1 Å². The Morgan fingerprint density at radius 1 is 0.867 bits per heavy atom. The molecular formula is C24H34N2O3S. The lowest BCUT2D eigenvalue weighted by atomic mass is 9.97. The second-order valence-corrected chi connectivity index (χ2v) is 10.7. The van der Waals surface area contributed by atoms with E-state index < -0.39 is 15.3 Å². The molecule has 0 radical (unpaired) electrons. The van der Waals surface area contributed by atoms with Crippen molar-refractivity contribution < 1.29 is 13.2 Å². The summed E-state index contributed by atoms with van der Waals surface area (Å²) in [7, 11) is -3.25. The molecule has 0 heterocycles. The normalized spacial score (nSPS) is 12.9. The maximum absolute atomic E-state index is 11.9. The summed E-state index contributed by atoms with van der Waals surface area (Å²) in [4.78, 5) is 11.6. The van der Waals surface area contributed by atoms with Crippen molar-refractivity contribution in [3.05, 3.63) is 59.7 Å². The van der Waals surface area contributed by atoms with Gasteiger partial charge in [0.2, 0.25) is 15.9 Å². The highest BCUT2D eigenvalue weighted by Crippen LogP contribution is 2.23. The molecule has 2 N–H and O–H groups in total. The van der Waals surface area contributed by atoms with Crippen LogP contribution in [0.5, 0.6) is 0 Å². The Morgan fingerprint density at radius 2 is 1.40 bits per heavy atom. The van der Waals surface area contributed by atoms with E-state index in [2.05, 4.69) is 58.6 Å². The SMILES string of the molecule is CC(C)C(=O)NCCc1ccc(-c2ccc(C(C)CNS(=O)(=O)C(C)C)cc2)cc1. The molecule has 30 heavy (non-hydrogen) atoms. The van der Waals surface area contributed by atoms with Gasteiger partial charge in [0.25, 0.3) is 0 Å². The molecular weight excluding hydrogens is 396 g/mol. The number of rotatable bonds is 10. The van der Waals surface area contributed by atoms with Gasteiger partial charge in [0.15, 0.2) is 0 Å². The third-order valence-electron chi connectivity index (χ3n) is 5.22. The lowest BCUT2D eigenvalue weighted by Crippen LogP contribution is -2.33. The van der Waals surface area contributed by atoms with Gasteiger partial charge in [0.05, 0.1) is 5.25 Å². The Balaban J connectivity index is 1.93. The number of hydrogen-bond acceptors (Lipinski definition) is 3. The Kier molecular flexibility index (Phi) is 8.62. The fourth-order valence-corrected chi connectivity index (χ4v) is 3.74. The highest BCUT2D eigenvalue weighted by molar-refractivity contribution is 7.90. The third kappa shape index (κ3) is 6.96. The fraction of sp³-hybridized carbons (Fsp3) is 0.458. The van der Waals surface area contributed by atoms with Gasteiger partial charge in [-0.15, -0.1) is 0 Å². The van der Waals surface area contributed by atoms with Crippen molar-refractivity contribution >= 4 is 15.9 Å². The average molecular weight is 431 g/mol. The highest BCUT2D eigenvalue weighted by atomic mass is 32.2. The van der Waals surface area contributed by atoms with E-state index in [4.69, 9.17) is 0 Å². The zero-order valence-electron chi connectivity index (χ0n) is 18.6.